The van der Waals surface area contributed by atoms with Gasteiger partial charge in [-0.05, 0) is 38.5 Å². The molecule has 0 aromatic heterocycles. The molecule has 114 valence electrons. The summed E-state index contributed by atoms with van der Waals surface area (Å²) >= 11 is 0. The van der Waals surface area contributed by atoms with Crippen molar-refractivity contribution >= 4 is 11.6 Å². The predicted molar refractivity (Wildman–Crippen MR) is 81.6 cm³/mol. The number of carbonyl (C=O) groups is 2. The summed E-state index contributed by atoms with van der Waals surface area (Å²) in [6.45, 7) is 0. The molecule has 2 aliphatic rings. The monoisotopic (exact) mass is 278 g/mol. The van der Waals surface area contributed by atoms with Gasteiger partial charge in [-0.25, -0.2) is 0 Å². The van der Waals surface area contributed by atoms with Gasteiger partial charge in [-0.1, -0.05) is 38.5 Å². The zero-order valence-electron chi connectivity index (χ0n) is 12.9. The minimum absolute atomic E-state index is 0.345. The number of hydrogen-bond acceptors (Lipinski definition) is 2. The van der Waals surface area contributed by atoms with E-state index in [1.807, 2.05) is 0 Å². The van der Waals surface area contributed by atoms with Crippen LogP contribution in [0.3, 0.4) is 0 Å². The third-order valence-corrected chi connectivity index (χ3v) is 5.22. The van der Waals surface area contributed by atoms with Crippen LogP contribution in [-0.4, -0.2) is 11.6 Å². The third kappa shape index (κ3) is 5.03. The molecule has 0 heterocycles. The van der Waals surface area contributed by atoms with Gasteiger partial charge in [-0.15, -0.1) is 0 Å². The Hall–Kier alpha value is -0.660. The van der Waals surface area contributed by atoms with Crippen LogP contribution in [0.15, 0.2) is 0 Å². The van der Waals surface area contributed by atoms with E-state index in [1.165, 1.54) is 38.5 Å². The third-order valence-electron chi connectivity index (χ3n) is 5.22. The molecule has 0 saturated heterocycles. The zero-order chi connectivity index (χ0) is 14.2. The highest BCUT2D eigenvalue weighted by molar-refractivity contribution is 5.82. The molecule has 0 aromatic carbocycles. The maximum absolute atomic E-state index is 12.1. The van der Waals surface area contributed by atoms with E-state index >= 15 is 0 Å². The van der Waals surface area contributed by atoms with Crippen LogP contribution in [0.1, 0.15) is 89.9 Å². The Morgan fingerprint density at radius 2 is 0.950 bits per heavy atom. The van der Waals surface area contributed by atoms with E-state index in [9.17, 15) is 9.59 Å². The molecule has 2 saturated carbocycles. The van der Waals surface area contributed by atoms with E-state index < -0.39 is 0 Å². The second-order valence-electron chi connectivity index (χ2n) is 6.81. The molecule has 2 heteroatoms. The molecule has 0 unspecified atom stereocenters. The van der Waals surface area contributed by atoms with Gasteiger partial charge in [0.1, 0.15) is 11.6 Å². The molecular weight excluding hydrogens is 248 g/mol. The molecule has 0 atom stereocenters. The standard InChI is InChI=1S/C18H30O2/c19-17(15-9-3-1-4-10-15)13-7-8-14-18(20)16-11-5-2-6-12-16/h15-16H,1-14H2. The van der Waals surface area contributed by atoms with Crippen LogP contribution in [0, 0.1) is 11.8 Å². The lowest BCUT2D eigenvalue weighted by Gasteiger charge is -2.21. The summed E-state index contributed by atoms with van der Waals surface area (Å²) < 4.78 is 0. The summed E-state index contributed by atoms with van der Waals surface area (Å²) in [6.07, 6.45) is 15.3. The van der Waals surface area contributed by atoms with Crippen LogP contribution >= 0.6 is 0 Å². The smallest absolute Gasteiger partial charge is 0.135 e. The summed E-state index contributed by atoms with van der Waals surface area (Å²) in [5.74, 6) is 1.63. The Balaban J connectivity index is 1.56. The fourth-order valence-corrected chi connectivity index (χ4v) is 3.86. The van der Waals surface area contributed by atoms with E-state index in [0.29, 0.717) is 36.2 Å². The topological polar surface area (TPSA) is 34.1 Å². The van der Waals surface area contributed by atoms with Gasteiger partial charge in [0.2, 0.25) is 0 Å². The van der Waals surface area contributed by atoms with Crippen LogP contribution in [0.2, 0.25) is 0 Å². The van der Waals surface area contributed by atoms with Crippen molar-refractivity contribution in [1.82, 2.24) is 0 Å². The minimum atomic E-state index is 0.345. The molecule has 2 nitrogen and oxygen atoms in total. The Kier molecular flexibility index (Phi) is 6.75. The molecule has 2 fully saturated rings. The SMILES string of the molecule is O=C(CCCCC(=O)C1CCCCC1)C1CCCCC1. The fourth-order valence-electron chi connectivity index (χ4n) is 3.86. The van der Waals surface area contributed by atoms with Crippen molar-refractivity contribution in [3.63, 3.8) is 0 Å². The first-order valence-corrected chi connectivity index (χ1v) is 8.83. The summed E-state index contributed by atoms with van der Waals surface area (Å²) in [4.78, 5) is 24.1. The predicted octanol–water partition coefficient (Wildman–Crippen LogP) is 4.85. The highest BCUT2D eigenvalue weighted by Gasteiger charge is 2.22. The molecule has 0 bridgehead atoms. The van der Waals surface area contributed by atoms with Crippen LogP contribution in [0.5, 0.6) is 0 Å². The second-order valence-corrected chi connectivity index (χ2v) is 6.81. The van der Waals surface area contributed by atoms with Crippen LogP contribution in [0.25, 0.3) is 0 Å². The quantitative estimate of drug-likeness (QED) is 0.624. The van der Waals surface area contributed by atoms with Crippen molar-refractivity contribution in [2.45, 2.75) is 89.9 Å². The Morgan fingerprint density at radius 1 is 0.600 bits per heavy atom. The van der Waals surface area contributed by atoms with Crippen LogP contribution < -0.4 is 0 Å². The first kappa shape index (κ1) is 15.7. The van der Waals surface area contributed by atoms with Crippen molar-refractivity contribution < 1.29 is 9.59 Å². The van der Waals surface area contributed by atoms with Gasteiger partial charge in [0.05, 0.1) is 0 Å². The van der Waals surface area contributed by atoms with Gasteiger partial charge in [0.15, 0.2) is 0 Å². The molecule has 2 aliphatic carbocycles. The maximum atomic E-state index is 12.1. The Bertz CT molecular complexity index is 277. The average Bonchev–Trinajstić information content (AvgIpc) is 2.53. The van der Waals surface area contributed by atoms with E-state index in [4.69, 9.17) is 0 Å². The summed E-state index contributed by atoms with van der Waals surface area (Å²) in [6, 6.07) is 0. The Morgan fingerprint density at radius 3 is 1.30 bits per heavy atom. The zero-order valence-corrected chi connectivity index (χ0v) is 12.9. The van der Waals surface area contributed by atoms with Crippen LogP contribution in [-0.2, 0) is 9.59 Å². The fraction of sp³-hybridized carbons (Fsp3) is 0.889. The van der Waals surface area contributed by atoms with Crippen LogP contribution in [0.4, 0.5) is 0 Å². The minimum Gasteiger partial charge on any atom is -0.299 e. The highest BCUT2D eigenvalue weighted by Crippen LogP contribution is 2.27. The van der Waals surface area contributed by atoms with Gasteiger partial charge in [-0.2, -0.15) is 0 Å². The van der Waals surface area contributed by atoms with Crippen molar-refractivity contribution in [1.29, 1.82) is 0 Å². The lowest BCUT2D eigenvalue weighted by atomic mass is 9.83. The first-order valence-electron chi connectivity index (χ1n) is 8.83. The number of ketones is 2. The van der Waals surface area contributed by atoms with E-state index in [-0.39, 0.29) is 0 Å². The molecule has 0 aromatic rings. The molecule has 2 rings (SSSR count). The lowest BCUT2D eigenvalue weighted by molar-refractivity contribution is -0.125. The molecular formula is C18H30O2. The van der Waals surface area contributed by atoms with E-state index in [1.54, 1.807) is 0 Å². The number of Topliss-reactive ketones (excluding diaryl/α,β-unsaturated/α-hetero) is 2. The number of hydrogen-bond donors (Lipinski definition) is 0. The molecule has 0 spiro atoms. The van der Waals surface area contributed by atoms with Gasteiger partial charge in [0, 0.05) is 24.7 Å². The highest BCUT2D eigenvalue weighted by atomic mass is 16.1. The van der Waals surface area contributed by atoms with E-state index in [2.05, 4.69) is 0 Å². The van der Waals surface area contributed by atoms with Crippen molar-refractivity contribution in [2.75, 3.05) is 0 Å². The van der Waals surface area contributed by atoms with Gasteiger partial charge < -0.3 is 0 Å². The first-order chi connectivity index (χ1) is 9.77. The van der Waals surface area contributed by atoms with Gasteiger partial charge in [-0.3, -0.25) is 9.59 Å². The maximum Gasteiger partial charge on any atom is 0.135 e. The van der Waals surface area contributed by atoms with Gasteiger partial charge >= 0.3 is 0 Å². The normalized spacial score (nSPS) is 21.8. The molecule has 0 radical (unpaired) electrons. The molecule has 0 amide bonds. The second kappa shape index (κ2) is 8.59. The van der Waals surface area contributed by atoms with Crippen molar-refractivity contribution in [3.8, 4) is 0 Å². The molecule has 0 N–H and O–H groups in total. The van der Waals surface area contributed by atoms with Gasteiger partial charge in [0.25, 0.3) is 0 Å². The van der Waals surface area contributed by atoms with Crippen molar-refractivity contribution in [2.24, 2.45) is 11.8 Å². The molecule has 20 heavy (non-hydrogen) atoms. The van der Waals surface area contributed by atoms with Crippen molar-refractivity contribution in [3.05, 3.63) is 0 Å². The van der Waals surface area contributed by atoms with E-state index in [0.717, 1.165) is 38.5 Å². The Labute approximate surface area is 123 Å². The number of unbranched alkanes of at least 4 members (excludes halogenated alkanes) is 1. The number of carbonyl (C=O) groups excluding carboxylic acids is 2. The summed E-state index contributed by atoms with van der Waals surface area (Å²) in [7, 11) is 0. The molecule has 0 aliphatic heterocycles. The average molecular weight is 278 g/mol. The summed E-state index contributed by atoms with van der Waals surface area (Å²) in [5.41, 5.74) is 0. The lowest BCUT2D eigenvalue weighted by Crippen LogP contribution is -2.18. The summed E-state index contributed by atoms with van der Waals surface area (Å²) in [5, 5.41) is 0. The largest absolute Gasteiger partial charge is 0.299 e. The number of rotatable bonds is 7.